The summed E-state index contributed by atoms with van der Waals surface area (Å²) in [6.07, 6.45) is 0.880. The van der Waals surface area contributed by atoms with Gasteiger partial charge in [-0.25, -0.2) is 4.39 Å². The second-order valence-corrected chi connectivity index (χ2v) is 7.52. The Kier molecular flexibility index (Phi) is 5.53. The molecule has 29 heavy (non-hydrogen) atoms. The van der Waals surface area contributed by atoms with Crippen LogP contribution in [-0.2, 0) is 6.54 Å². The van der Waals surface area contributed by atoms with Crippen molar-refractivity contribution in [1.29, 1.82) is 0 Å². The predicted molar refractivity (Wildman–Crippen MR) is 113 cm³/mol. The van der Waals surface area contributed by atoms with E-state index in [0.29, 0.717) is 28.4 Å². The van der Waals surface area contributed by atoms with Crippen molar-refractivity contribution in [1.82, 2.24) is 4.57 Å². The molecule has 0 saturated carbocycles. The minimum Gasteiger partial charge on any atom is -0.457 e. The Bertz CT molecular complexity index is 1230. The van der Waals surface area contributed by atoms with Gasteiger partial charge in [-0.2, -0.15) is 4.99 Å². The molecule has 0 bridgehead atoms. The summed E-state index contributed by atoms with van der Waals surface area (Å²) in [6.45, 7) is 2.75. The van der Waals surface area contributed by atoms with Crippen LogP contribution in [0.2, 0.25) is 0 Å². The molecule has 0 aliphatic carbocycles. The van der Waals surface area contributed by atoms with Gasteiger partial charge in [0.25, 0.3) is 5.91 Å². The Morgan fingerprint density at radius 3 is 2.62 bits per heavy atom. The quantitative estimate of drug-likeness (QED) is 0.421. The van der Waals surface area contributed by atoms with Crippen LogP contribution in [0.15, 0.2) is 77.8 Å². The molecule has 0 aliphatic rings. The number of carbonyl (C=O) groups excluding carboxylic acids is 1. The van der Waals surface area contributed by atoms with Gasteiger partial charge in [-0.3, -0.25) is 4.79 Å². The van der Waals surface area contributed by atoms with Crippen LogP contribution >= 0.6 is 11.3 Å². The van der Waals surface area contributed by atoms with E-state index in [1.54, 1.807) is 30.3 Å². The van der Waals surface area contributed by atoms with Crippen molar-refractivity contribution in [3.8, 4) is 11.5 Å². The highest BCUT2D eigenvalue weighted by Gasteiger charge is 2.11. The third-order valence-electron chi connectivity index (χ3n) is 4.35. The number of amides is 1. The van der Waals surface area contributed by atoms with Gasteiger partial charge in [0, 0.05) is 12.1 Å². The SMILES string of the molecule is CCCn1c(=NC(=O)c2cccc(Oc3ccccc3)c2)sc2cc(F)ccc21. The topological polar surface area (TPSA) is 43.6 Å². The predicted octanol–water partition coefficient (Wildman–Crippen LogP) is 5.79. The number of hydrogen-bond acceptors (Lipinski definition) is 3. The number of fused-ring (bicyclic) bond motifs is 1. The Hall–Kier alpha value is -3.25. The molecule has 0 N–H and O–H groups in total. The highest BCUT2D eigenvalue weighted by molar-refractivity contribution is 7.16. The summed E-state index contributed by atoms with van der Waals surface area (Å²) in [5.74, 6) is 0.602. The van der Waals surface area contributed by atoms with Gasteiger partial charge >= 0.3 is 0 Å². The Morgan fingerprint density at radius 1 is 1.03 bits per heavy atom. The van der Waals surface area contributed by atoms with E-state index in [0.717, 1.165) is 16.6 Å². The molecule has 4 aromatic rings. The number of nitrogens with zero attached hydrogens (tertiary/aromatic N) is 2. The lowest BCUT2D eigenvalue weighted by Crippen LogP contribution is -2.16. The zero-order valence-corrected chi connectivity index (χ0v) is 16.7. The molecule has 4 nitrogen and oxygen atoms in total. The van der Waals surface area contributed by atoms with Crippen LogP contribution in [0.1, 0.15) is 23.7 Å². The number of ether oxygens (including phenoxy) is 1. The van der Waals surface area contributed by atoms with Crippen molar-refractivity contribution in [3.63, 3.8) is 0 Å². The fourth-order valence-electron chi connectivity index (χ4n) is 3.04. The molecule has 146 valence electrons. The van der Waals surface area contributed by atoms with E-state index in [1.807, 2.05) is 34.9 Å². The van der Waals surface area contributed by atoms with Gasteiger partial charge in [0.05, 0.1) is 10.2 Å². The molecule has 0 spiro atoms. The number of para-hydroxylation sites is 1. The number of carbonyl (C=O) groups is 1. The van der Waals surface area contributed by atoms with Gasteiger partial charge in [-0.05, 0) is 55.0 Å². The standard InChI is InChI=1S/C23H19FN2O2S/c1-2-13-26-20-12-11-17(24)15-21(20)29-23(26)25-22(27)16-7-6-10-19(14-16)28-18-8-4-3-5-9-18/h3-12,14-15H,2,13H2,1H3. The summed E-state index contributed by atoms with van der Waals surface area (Å²) >= 11 is 1.31. The van der Waals surface area contributed by atoms with Crippen molar-refractivity contribution < 1.29 is 13.9 Å². The summed E-state index contributed by atoms with van der Waals surface area (Å²) in [5.41, 5.74) is 1.32. The lowest BCUT2D eigenvalue weighted by atomic mass is 10.2. The van der Waals surface area contributed by atoms with E-state index < -0.39 is 0 Å². The van der Waals surface area contributed by atoms with Gasteiger partial charge in [-0.15, -0.1) is 0 Å². The van der Waals surface area contributed by atoms with Crippen molar-refractivity contribution in [2.45, 2.75) is 19.9 Å². The molecular formula is C23H19FN2O2S. The van der Waals surface area contributed by atoms with E-state index in [-0.39, 0.29) is 11.7 Å². The first-order chi connectivity index (χ1) is 14.1. The monoisotopic (exact) mass is 406 g/mol. The number of halogens is 1. The van der Waals surface area contributed by atoms with Crippen molar-refractivity contribution in [3.05, 3.63) is 89.0 Å². The largest absolute Gasteiger partial charge is 0.457 e. The molecular weight excluding hydrogens is 387 g/mol. The smallest absolute Gasteiger partial charge is 0.279 e. The lowest BCUT2D eigenvalue weighted by Gasteiger charge is -2.06. The van der Waals surface area contributed by atoms with Crippen LogP contribution in [0.3, 0.4) is 0 Å². The third kappa shape index (κ3) is 4.27. The van der Waals surface area contributed by atoms with Crippen LogP contribution < -0.4 is 9.54 Å². The second-order valence-electron chi connectivity index (χ2n) is 6.51. The zero-order valence-electron chi connectivity index (χ0n) is 15.8. The molecule has 0 aliphatic heterocycles. The average Bonchev–Trinajstić information content (AvgIpc) is 3.05. The molecule has 0 saturated heterocycles. The Balaban J connectivity index is 1.69. The van der Waals surface area contributed by atoms with Crippen molar-refractivity contribution in [2.75, 3.05) is 0 Å². The summed E-state index contributed by atoms with van der Waals surface area (Å²) in [7, 11) is 0. The number of hydrogen-bond donors (Lipinski definition) is 0. The number of aromatic nitrogens is 1. The molecule has 3 aromatic carbocycles. The average molecular weight is 406 g/mol. The van der Waals surface area contributed by atoms with Crippen LogP contribution in [0.5, 0.6) is 11.5 Å². The van der Waals surface area contributed by atoms with Crippen LogP contribution in [0.4, 0.5) is 4.39 Å². The fraction of sp³-hybridized carbons (Fsp3) is 0.130. The van der Waals surface area contributed by atoms with Gasteiger partial charge < -0.3 is 9.30 Å². The molecule has 1 aromatic heterocycles. The summed E-state index contributed by atoms with van der Waals surface area (Å²) in [4.78, 5) is 17.7. The maximum atomic E-state index is 13.6. The molecule has 1 heterocycles. The van der Waals surface area contributed by atoms with Crippen LogP contribution in [0, 0.1) is 5.82 Å². The summed E-state index contributed by atoms with van der Waals surface area (Å²) in [5, 5.41) is 0. The zero-order chi connectivity index (χ0) is 20.2. The molecule has 0 atom stereocenters. The molecule has 1 amide bonds. The first kappa shape index (κ1) is 19.1. The molecule has 6 heteroatoms. The molecule has 0 unspecified atom stereocenters. The van der Waals surface area contributed by atoms with Crippen molar-refractivity contribution in [2.24, 2.45) is 4.99 Å². The minimum atomic E-state index is -0.361. The normalized spacial score (nSPS) is 11.7. The summed E-state index contributed by atoms with van der Waals surface area (Å²) < 4.78 is 22.1. The van der Waals surface area contributed by atoms with E-state index >= 15 is 0 Å². The number of rotatable bonds is 5. The maximum Gasteiger partial charge on any atom is 0.279 e. The van der Waals surface area contributed by atoms with Gasteiger partial charge in [-0.1, -0.05) is 42.5 Å². The van der Waals surface area contributed by atoms with Crippen LogP contribution in [-0.4, -0.2) is 10.5 Å². The second kappa shape index (κ2) is 8.41. The molecule has 0 radical (unpaired) electrons. The van der Waals surface area contributed by atoms with Crippen LogP contribution in [0.25, 0.3) is 10.2 Å². The first-order valence-electron chi connectivity index (χ1n) is 9.35. The molecule has 4 rings (SSSR count). The van der Waals surface area contributed by atoms with Gasteiger partial charge in [0.2, 0.25) is 0 Å². The van der Waals surface area contributed by atoms with Gasteiger partial charge in [0.15, 0.2) is 4.80 Å². The highest BCUT2D eigenvalue weighted by Crippen LogP contribution is 2.23. The lowest BCUT2D eigenvalue weighted by molar-refractivity contribution is 0.0997. The summed E-state index contributed by atoms with van der Waals surface area (Å²) in [6, 6.07) is 21.0. The van der Waals surface area contributed by atoms with Crippen molar-refractivity contribution >= 4 is 27.5 Å². The van der Waals surface area contributed by atoms with Gasteiger partial charge in [0.1, 0.15) is 17.3 Å². The fourth-order valence-corrected chi connectivity index (χ4v) is 4.12. The number of aryl methyl sites for hydroxylation is 1. The third-order valence-corrected chi connectivity index (χ3v) is 5.39. The van der Waals surface area contributed by atoms with E-state index in [2.05, 4.69) is 11.9 Å². The van der Waals surface area contributed by atoms with E-state index in [1.165, 1.54) is 23.5 Å². The minimum absolute atomic E-state index is 0.300. The highest BCUT2D eigenvalue weighted by atomic mass is 32.1. The molecule has 0 fully saturated rings. The Morgan fingerprint density at radius 2 is 1.83 bits per heavy atom. The van der Waals surface area contributed by atoms with E-state index in [4.69, 9.17) is 4.74 Å². The number of benzene rings is 3. The van der Waals surface area contributed by atoms with E-state index in [9.17, 15) is 9.18 Å². The Labute approximate surface area is 171 Å². The first-order valence-corrected chi connectivity index (χ1v) is 10.2. The number of thiazole rings is 1. The maximum absolute atomic E-state index is 13.6.